The fourth-order valence-corrected chi connectivity index (χ4v) is 8.86. The van der Waals surface area contributed by atoms with Crippen LogP contribution in [0.25, 0.3) is 109 Å². The van der Waals surface area contributed by atoms with Gasteiger partial charge >= 0.3 is 0 Å². The molecule has 0 aliphatic carbocycles. The Morgan fingerprint density at radius 1 is 0.212 bits per heavy atom. The Bertz CT molecular complexity index is 3090. The predicted octanol–water partition coefficient (Wildman–Crippen LogP) is 14.7. The fourth-order valence-electron chi connectivity index (χ4n) is 8.86. The van der Waals surface area contributed by atoms with Crippen LogP contribution in [0.4, 0.5) is 0 Å². The second-order valence-corrected chi connectivity index (χ2v) is 14.0. The highest BCUT2D eigenvalue weighted by atomic mass is 14.2. The number of rotatable bonds is 4. The number of hydrogen-bond donors (Lipinski definition) is 0. The van der Waals surface area contributed by atoms with Gasteiger partial charge in [0.25, 0.3) is 0 Å². The van der Waals surface area contributed by atoms with Gasteiger partial charge in [-0.05, 0) is 127 Å². The smallest absolute Gasteiger partial charge is 0.00199 e. The molecule has 0 spiro atoms. The van der Waals surface area contributed by atoms with E-state index in [0.29, 0.717) is 0 Å². The SMILES string of the molecule is c1ccc(-c2cc3ccccc3cc2-c2c3ccccc3c(-c3cccc(-c4ccc5ccc6cccc7ccc4c5c67)c3)c3ccccc23)cc1. The van der Waals surface area contributed by atoms with Gasteiger partial charge in [0.15, 0.2) is 0 Å². The van der Waals surface area contributed by atoms with Gasteiger partial charge in [0.05, 0.1) is 0 Å². The first-order valence-electron chi connectivity index (χ1n) is 18.1. The molecular formula is C52H32. The molecule has 52 heavy (non-hydrogen) atoms. The van der Waals surface area contributed by atoms with E-state index in [1.807, 2.05) is 0 Å². The summed E-state index contributed by atoms with van der Waals surface area (Å²) in [6, 6.07) is 71.9. The van der Waals surface area contributed by atoms with Gasteiger partial charge in [-0.15, -0.1) is 0 Å². The molecule has 0 radical (unpaired) electrons. The molecular weight excluding hydrogens is 625 g/mol. The summed E-state index contributed by atoms with van der Waals surface area (Å²) in [5, 5.41) is 15.4. The van der Waals surface area contributed by atoms with E-state index in [-0.39, 0.29) is 0 Å². The largest absolute Gasteiger partial charge is 0.0622 e. The van der Waals surface area contributed by atoms with E-state index in [2.05, 4.69) is 194 Å². The van der Waals surface area contributed by atoms with Gasteiger partial charge in [-0.2, -0.15) is 0 Å². The molecule has 240 valence electrons. The van der Waals surface area contributed by atoms with Crippen molar-refractivity contribution < 1.29 is 0 Å². The zero-order chi connectivity index (χ0) is 34.2. The van der Waals surface area contributed by atoms with Crippen LogP contribution >= 0.6 is 0 Å². The van der Waals surface area contributed by atoms with E-state index >= 15 is 0 Å². The minimum atomic E-state index is 1.22. The van der Waals surface area contributed by atoms with E-state index < -0.39 is 0 Å². The maximum absolute atomic E-state index is 2.41. The highest BCUT2D eigenvalue weighted by Crippen LogP contribution is 2.48. The van der Waals surface area contributed by atoms with Gasteiger partial charge < -0.3 is 0 Å². The van der Waals surface area contributed by atoms with Crippen molar-refractivity contribution in [2.45, 2.75) is 0 Å². The molecule has 0 aliphatic rings. The monoisotopic (exact) mass is 656 g/mol. The van der Waals surface area contributed by atoms with Gasteiger partial charge in [0.1, 0.15) is 0 Å². The highest BCUT2D eigenvalue weighted by molar-refractivity contribution is 6.26. The Balaban J connectivity index is 1.18. The molecule has 0 fully saturated rings. The number of hydrogen-bond acceptors (Lipinski definition) is 0. The molecule has 0 heterocycles. The first-order valence-corrected chi connectivity index (χ1v) is 18.1. The Kier molecular flexibility index (Phi) is 6.35. The summed E-state index contributed by atoms with van der Waals surface area (Å²) in [5.41, 5.74) is 10.0. The topological polar surface area (TPSA) is 0 Å². The molecule has 0 aliphatic heterocycles. The fraction of sp³-hybridized carbons (Fsp3) is 0. The zero-order valence-electron chi connectivity index (χ0n) is 28.5. The minimum absolute atomic E-state index is 1.22. The van der Waals surface area contributed by atoms with Gasteiger partial charge in [-0.25, -0.2) is 0 Å². The normalized spacial score (nSPS) is 11.8. The van der Waals surface area contributed by atoms with E-state index in [1.54, 1.807) is 0 Å². The average Bonchev–Trinajstić information content (AvgIpc) is 3.21. The van der Waals surface area contributed by atoms with Crippen molar-refractivity contribution >= 4 is 64.6 Å². The molecule has 0 saturated carbocycles. The van der Waals surface area contributed by atoms with Crippen LogP contribution in [0.3, 0.4) is 0 Å². The molecule has 0 aromatic heterocycles. The summed E-state index contributed by atoms with van der Waals surface area (Å²) < 4.78 is 0. The van der Waals surface area contributed by atoms with Crippen molar-refractivity contribution in [3.8, 4) is 44.5 Å². The van der Waals surface area contributed by atoms with Crippen LogP contribution in [0.1, 0.15) is 0 Å². The third kappa shape index (κ3) is 4.35. The molecule has 0 atom stereocenters. The first kappa shape index (κ1) is 29.0. The van der Waals surface area contributed by atoms with Crippen molar-refractivity contribution in [2.75, 3.05) is 0 Å². The maximum atomic E-state index is 2.41. The minimum Gasteiger partial charge on any atom is -0.0622 e. The summed E-state index contributed by atoms with van der Waals surface area (Å²) in [4.78, 5) is 0. The highest BCUT2D eigenvalue weighted by Gasteiger charge is 2.20. The maximum Gasteiger partial charge on any atom is -0.00199 e. The van der Waals surface area contributed by atoms with Gasteiger partial charge in [-0.3, -0.25) is 0 Å². The molecule has 0 amide bonds. The van der Waals surface area contributed by atoms with E-state index in [9.17, 15) is 0 Å². The molecule has 11 aromatic rings. The average molecular weight is 657 g/mol. The third-order valence-corrected chi connectivity index (χ3v) is 11.2. The number of fused-ring (bicyclic) bond motifs is 3. The Labute approximate surface area is 302 Å². The van der Waals surface area contributed by atoms with Crippen LogP contribution in [0.15, 0.2) is 194 Å². The first-order chi connectivity index (χ1) is 25.8. The molecule has 11 rings (SSSR count). The second kappa shape index (κ2) is 11.4. The lowest BCUT2D eigenvalue weighted by molar-refractivity contribution is 1.62. The van der Waals surface area contributed by atoms with Gasteiger partial charge in [-0.1, -0.05) is 176 Å². The van der Waals surface area contributed by atoms with E-state index in [4.69, 9.17) is 0 Å². The van der Waals surface area contributed by atoms with Crippen LogP contribution < -0.4 is 0 Å². The Morgan fingerprint density at radius 2 is 0.692 bits per heavy atom. The molecule has 0 N–H and O–H groups in total. The standard InChI is InChI=1S/C52H32/c1-2-12-33(13-3-1)47-31-37-14-4-5-15-38(37)32-48(47)52-44-22-8-6-20-42(44)50(43-21-7-9-23-45(43)52)40-19-11-18-39(30-40)41-28-26-36-25-24-34-16-10-17-35-27-29-46(41)51(36)49(34)35/h1-32H. The molecule has 0 heteroatoms. The molecule has 0 nitrogen and oxygen atoms in total. The summed E-state index contributed by atoms with van der Waals surface area (Å²) in [7, 11) is 0. The predicted molar refractivity (Wildman–Crippen MR) is 224 cm³/mol. The molecule has 11 aromatic carbocycles. The Hall–Kier alpha value is -6.76. The van der Waals surface area contributed by atoms with Crippen molar-refractivity contribution in [1.29, 1.82) is 0 Å². The molecule has 0 saturated heterocycles. The summed E-state index contributed by atoms with van der Waals surface area (Å²) in [5.74, 6) is 0. The van der Waals surface area contributed by atoms with Gasteiger partial charge in [0, 0.05) is 0 Å². The van der Waals surface area contributed by atoms with E-state index in [0.717, 1.165) is 0 Å². The number of benzene rings is 11. The van der Waals surface area contributed by atoms with Crippen molar-refractivity contribution in [2.24, 2.45) is 0 Å². The summed E-state index contributed by atoms with van der Waals surface area (Å²) in [6.45, 7) is 0. The van der Waals surface area contributed by atoms with Crippen LogP contribution in [0.5, 0.6) is 0 Å². The van der Waals surface area contributed by atoms with Crippen LogP contribution in [-0.2, 0) is 0 Å². The van der Waals surface area contributed by atoms with Crippen LogP contribution in [0.2, 0.25) is 0 Å². The summed E-state index contributed by atoms with van der Waals surface area (Å²) >= 11 is 0. The zero-order valence-corrected chi connectivity index (χ0v) is 28.5. The quantitative estimate of drug-likeness (QED) is 0.131. The van der Waals surface area contributed by atoms with Crippen molar-refractivity contribution in [3.63, 3.8) is 0 Å². The molecule has 0 unspecified atom stereocenters. The Morgan fingerprint density at radius 3 is 1.38 bits per heavy atom. The van der Waals surface area contributed by atoms with Gasteiger partial charge in [0.2, 0.25) is 0 Å². The molecule has 0 bridgehead atoms. The third-order valence-electron chi connectivity index (χ3n) is 11.2. The van der Waals surface area contributed by atoms with Crippen LogP contribution in [0, 0.1) is 0 Å². The lowest BCUT2D eigenvalue weighted by Crippen LogP contribution is -1.93. The van der Waals surface area contributed by atoms with Crippen molar-refractivity contribution in [3.05, 3.63) is 194 Å². The second-order valence-electron chi connectivity index (χ2n) is 14.0. The van der Waals surface area contributed by atoms with Crippen LogP contribution in [-0.4, -0.2) is 0 Å². The lowest BCUT2D eigenvalue weighted by Gasteiger charge is -2.21. The van der Waals surface area contributed by atoms with Crippen molar-refractivity contribution in [1.82, 2.24) is 0 Å². The van der Waals surface area contributed by atoms with E-state index in [1.165, 1.54) is 109 Å². The lowest BCUT2D eigenvalue weighted by atomic mass is 9.82. The summed E-state index contributed by atoms with van der Waals surface area (Å²) in [6.07, 6.45) is 0.